The summed E-state index contributed by atoms with van der Waals surface area (Å²) in [6, 6.07) is 15.1. The Hall–Kier alpha value is -3.02. The minimum absolute atomic E-state index is 0.0780. The second-order valence-electron chi connectivity index (χ2n) is 7.85. The fourth-order valence-electron chi connectivity index (χ4n) is 2.71. The van der Waals surface area contributed by atoms with E-state index < -0.39 is 6.09 Å². The molecule has 0 atom stereocenters. The second-order valence-corrected chi connectivity index (χ2v) is 7.85. The van der Waals surface area contributed by atoms with Gasteiger partial charge < -0.3 is 14.8 Å². The summed E-state index contributed by atoms with van der Waals surface area (Å²) < 4.78 is 10.4. The number of amides is 2. The van der Waals surface area contributed by atoms with E-state index in [0.717, 1.165) is 5.75 Å². The van der Waals surface area contributed by atoms with Crippen molar-refractivity contribution in [2.75, 3.05) is 31.0 Å². The monoisotopic (exact) mass is 398 g/mol. The van der Waals surface area contributed by atoms with Crippen LogP contribution in [0.3, 0.4) is 0 Å². The van der Waals surface area contributed by atoms with Gasteiger partial charge in [0.2, 0.25) is 5.91 Å². The van der Waals surface area contributed by atoms with Gasteiger partial charge in [-0.05, 0) is 53.8 Å². The summed E-state index contributed by atoms with van der Waals surface area (Å²) in [6.45, 7) is 7.00. The quantitative estimate of drug-likeness (QED) is 0.668. The highest BCUT2D eigenvalue weighted by Crippen LogP contribution is 2.24. The van der Waals surface area contributed by atoms with Crippen LogP contribution in [-0.4, -0.2) is 32.8 Å². The molecule has 1 N–H and O–H groups in total. The van der Waals surface area contributed by atoms with Gasteiger partial charge in [-0.15, -0.1) is 0 Å². The number of anilines is 2. The molecule has 0 aliphatic heterocycles. The maximum absolute atomic E-state index is 12.1. The lowest BCUT2D eigenvalue weighted by Gasteiger charge is -2.19. The van der Waals surface area contributed by atoms with Crippen molar-refractivity contribution < 1.29 is 19.1 Å². The minimum atomic E-state index is -0.449. The van der Waals surface area contributed by atoms with E-state index in [2.05, 4.69) is 43.0 Å². The Kier molecular flexibility index (Phi) is 7.65. The predicted molar refractivity (Wildman–Crippen MR) is 116 cm³/mol. The molecule has 6 nitrogen and oxygen atoms in total. The Balaban J connectivity index is 1.74. The Bertz CT molecular complexity index is 808. The molecule has 6 heteroatoms. The molecule has 0 saturated heterocycles. The van der Waals surface area contributed by atoms with Gasteiger partial charge in [0.25, 0.3) is 0 Å². The normalized spacial score (nSPS) is 10.9. The fraction of sp³-hybridized carbons (Fsp3) is 0.391. The summed E-state index contributed by atoms with van der Waals surface area (Å²) in [5, 5.41) is 2.84. The van der Waals surface area contributed by atoms with Crippen molar-refractivity contribution in [3.8, 4) is 5.75 Å². The minimum Gasteiger partial charge on any atom is -0.494 e. The zero-order valence-electron chi connectivity index (χ0n) is 17.8. The van der Waals surface area contributed by atoms with Crippen LogP contribution in [0, 0.1) is 0 Å². The Morgan fingerprint density at radius 1 is 1.00 bits per heavy atom. The van der Waals surface area contributed by atoms with Crippen LogP contribution in [0.2, 0.25) is 0 Å². The number of nitrogens with one attached hydrogen (secondary N) is 1. The molecule has 2 rings (SSSR count). The third-order valence-corrected chi connectivity index (χ3v) is 4.52. The van der Waals surface area contributed by atoms with Crippen molar-refractivity contribution in [2.45, 2.75) is 39.0 Å². The van der Waals surface area contributed by atoms with Crippen LogP contribution in [-0.2, 0) is 14.9 Å². The van der Waals surface area contributed by atoms with E-state index in [4.69, 9.17) is 4.74 Å². The number of rotatable bonds is 7. The second kappa shape index (κ2) is 9.96. The molecule has 2 amide bonds. The van der Waals surface area contributed by atoms with Gasteiger partial charge in [-0.3, -0.25) is 9.69 Å². The average molecular weight is 399 g/mol. The van der Waals surface area contributed by atoms with Crippen molar-refractivity contribution in [1.82, 2.24) is 0 Å². The summed E-state index contributed by atoms with van der Waals surface area (Å²) in [6.07, 6.45) is 0.537. The van der Waals surface area contributed by atoms with Crippen molar-refractivity contribution in [3.63, 3.8) is 0 Å². The number of hydrogen-bond acceptors (Lipinski definition) is 4. The molecule has 2 aromatic carbocycles. The Labute approximate surface area is 172 Å². The van der Waals surface area contributed by atoms with Crippen molar-refractivity contribution >= 4 is 23.4 Å². The molecule has 29 heavy (non-hydrogen) atoms. The van der Waals surface area contributed by atoms with Crippen LogP contribution in [0.25, 0.3) is 0 Å². The molecule has 0 unspecified atom stereocenters. The number of methoxy groups -OCH3 is 1. The topological polar surface area (TPSA) is 67.9 Å². The zero-order valence-corrected chi connectivity index (χ0v) is 17.8. The largest absolute Gasteiger partial charge is 0.494 e. The summed E-state index contributed by atoms with van der Waals surface area (Å²) in [5.74, 6) is 0.731. The molecule has 0 aromatic heterocycles. The van der Waals surface area contributed by atoms with E-state index in [1.54, 1.807) is 31.3 Å². The van der Waals surface area contributed by atoms with Gasteiger partial charge in [-0.2, -0.15) is 0 Å². The molecule has 156 valence electrons. The molecule has 0 radical (unpaired) electrons. The Morgan fingerprint density at radius 3 is 2.17 bits per heavy atom. The highest BCUT2D eigenvalue weighted by molar-refractivity contribution is 5.91. The number of carbonyl (C=O) groups is 2. The van der Waals surface area contributed by atoms with Gasteiger partial charge in [-0.25, -0.2) is 4.79 Å². The summed E-state index contributed by atoms with van der Waals surface area (Å²) in [4.78, 5) is 25.0. The summed E-state index contributed by atoms with van der Waals surface area (Å²) in [7, 11) is 2.95. The smallest absolute Gasteiger partial charge is 0.413 e. The maximum Gasteiger partial charge on any atom is 0.413 e. The first-order chi connectivity index (χ1) is 13.7. The highest BCUT2D eigenvalue weighted by atomic mass is 16.5. The molecule has 2 aromatic rings. The van der Waals surface area contributed by atoms with Gasteiger partial charge in [0.1, 0.15) is 5.75 Å². The van der Waals surface area contributed by atoms with Crippen LogP contribution < -0.4 is 15.0 Å². The Morgan fingerprint density at radius 2 is 1.62 bits per heavy atom. The first-order valence-corrected chi connectivity index (χ1v) is 9.65. The van der Waals surface area contributed by atoms with Crippen molar-refractivity contribution in [1.29, 1.82) is 0 Å². The lowest BCUT2D eigenvalue weighted by molar-refractivity contribution is -0.116. The van der Waals surface area contributed by atoms with Crippen molar-refractivity contribution in [3.05, 3.63) is 54.1 Å². The van der Waals surface area contributed by atoms with Gasteiger partial charge in [0.15, 0.2) is 0 Å². The number of hydrogen-bond donors (Lipinski definition) is 1. The third kappa shape index (κ3) is 6.82. The van der Waals surface area contributed by atoms with Gasteiger partial charge in [0, 0.05) is 24.8 Å². The number of benzene rings is 2. The van der Waals surface area contributed by atoms with Crippen LogP contribution in [0.1, 0.15) is 39.2 Å². The third-order valence-electron chi connectivity index (χ3n) is 4.52. The lowest BCUT2D eigenvalue weighted by Crippen LogP contribution is -2.25. The first-order valence-electron chi connectivity index (χ1n) is 9.65. The lowest BCUT2D eigenvalue weighted by atomic mass is 9.87. The van der Waals surface area contributed by atoms with Gasteiger partial charge in [-0.1, -0.05) is 32.9 Å². The zero-order chi connectivity index (χ0) is 21.4. The average Bonchev–Trinajstić information content (AvgIpc) is 2.70. The van der Waals surface area contributed by atoms with Crippen LogP contribution >= 0.6 is 0 Å². The van der Waals surface area contributed by atoms with Gasteiger partial charge in [0.05, 0.1) is 13.7 Å². The van der Waals surface area contributed by atoms with E-state index in [9.17, 15) is 9.59 Å². The first kappa shape index (κ1) is 22.3. The molecule has 0 spiro atoms. The van der Waals surface area contributed by atoms with E-state index in [-0.39, 0.29) is 11.3 Å². The molecule has 0 saturated carbocycles. The number of ether oxygens (including phenoxy) is 2. The van der Waals surface area contributed by atoms with Crippen LogP contribution in [0.5, 0.6) is 5.75 Å². The van der Waals surface area contributed by atoms with E-state index in [0.29, 0.717) is 30.8 Å². The SMILES string of the molecule is COC(=O)N(C)c1ccc(NC(=O)CCCOc2ccc(C(C)(C)C)cc2)cc1. The molecule has 0 heterocycles. The molecule has 0 fully saturated rings. The van der Waals surface area contributed by atoms with Gasteiger partial charge >= 0.3 is 6.09 Å². The maximum atomic E-state index is 12.1. The van der Waals surface area contributed by atoms with Crippen LogP contribution in [0.4, 0.5) is 16.2 Å². The van der Waals surface area contributed by atoms with Crippen LogP contribution in [0.15, 0.2) is 48.5 Å². The standard InChI is InChI=1S/C23H30N2O4/c1-23(2,3)17-8-14-20(15-9-17)29-16-6-7-21(26)24-18-10-12-19(13-11-18)25(4)22(27)28-5/h8-15H,6-7,16H2,1-5H3,(H,24,26). The predicted octanol–water partition coefficient (Wildman–Crippen LogP) is 4.98. The molecular weight excluding hydrogens is 368 g/mol. The van der Waals surface area contributed by atoms with E-state index in [1.165, 1.54) is 17.6 Å². The van der Waals surface area contributed by atoms with E-state index >= 15 is 0 Å². The number of carbonyl (C=O) groups excluding carboxylic acids is 2. The summed E-state index contributed by atoms with van der Waals surface area (Å²) >= 11 is 0. The molecular formula is C23H30N2O4. The molecule has 0 bridgehead atoms. The number of nitrogens with zero attached hydrogens (tertiary/aromatic N) is 1. The van der Waals surface area contributed by atoms with Crippen molar-refractivity contribution in [2.24, 2.45) is 0 Å². The van der Waals surface area contributed by atoms with E-state index in [1.807, 2.05) is 12.1 Å². The summed E-state index contributed by atoms with van der Waals surface area (Å²) in [5.41, 5.74) is 2.73. The molecule has 0 aliphatic carbocycles. The molecule has 0 aliphatic rings. The highest BCUT2D eigenvalue weighted by Gasteiger charge is 2.13. The fourth-order valence-corrected chi connectivity index (χ4v) is 2.71.